The summed E-state index contributed by atoms with van der Waals surface area (Å²) in [4.78, 5) is 21.3. The van der Waals surface area contributed by atoms with Crippen LogP contribution in [0.1, 0.15) is 52.7 Å². The molecule has 0 radical (unpaired) electrons. The standard InChI is InChI=1S/C24H24N6O8S2/c1-23(2,3)27-39(35,36)14-7-16-20(13(11-25)12-26)17-8-15(40(37,38)28-24(4,5)6)10-19(30(33)34)22(17)21(16)18(9-14)29(31)32/h7-10,27-28H,1-6H3. The summed E-state index contributed by atoms with van der Waals surface area (Å²) < 4.78 is 57.2. The molecule has 1 aliphatic carbocycles. The molecule has 0 heterocycles. The lowest BCUT2D eigenvalue weighted by molar-refractivity contribution is -0.386. The van der Waals surface area contributed by atoms with E-state index in [1.165, 1.54) is 41.5 Å². The fourth-order valence-corrected chi connectivity index (χ4v) is 7.12. The second-order valence-corrected chi connectivity index (χ2v) is 14.3. The molecule has 0 unspecified atom stereocenters. The first-order valence-corrected chi connectivity index (χ1v) is 14.4. The number of sulfonamides is 2. The van der Waals surface area contributed by atoms with E-state index in [4.69, 9.17) is 0 Å². The van der Waals surface area contributed by atoms with E-state index in [-0.39, 0.29) is 16.7 Å². The smallest absolute Gasteiger partial charge is 0.258 e. The summed E-state index contributed by atoms with van der Waals surface area (Å²) in [5, 5.41) is 43.8. The van der Waals surface area contributed by atoms with E-state index in [1.54, 1.807) is 12.1 Å². The highest BCUT2D eigenvalue weighted by Crippen LogP contribution is 2.54. The zero-order chi connectivity index (χ0) is 30.6. The Balaban J connectivity index is 2.59. The Morgan fingerprint density at radius 2 is 1.05 bits per heavy atom. The van der Waals surface area contributed by atoms with Crippen LogP contribution in [0.5, 0.6) is 0 Å². The Bertz CT molecular complexity index is 1690. The molecular formula is C24H24N6O8S2. The number of hydrogen-bond donors (Lipinski definition) is 2. The van der Waals surface area contributed by atoms with E-state index in [2.05, 4.69) is 9.44 Å². The zero-order valence-electron chi connectivity index (χ0n) is 22.2. The summed E-state index contributed by atoms with van der Waals surface area (Å²) in [5.74, 6) is 0. The summed E-state index contributed by atoms with van der Waals surface area (Å²) in [6.45, 7) is 9.21. The first kappa shape index (κ1) is 30.3. The maximum Gasteiger partial charge on any atom is 0.279 e. The topological polar surface area (TPSA) is 226 Å². The van der Waals surface area contributed by atoms with Crippen molar-refractivity contribution in [3.8, 4) is 23.3 Å². The van der Waals surface area contributed by atoms with Gasteiger partial charge in [-0.05, 0) is 53.7 Å². The van der Waals surface area contributed by atoms with Gasteiger partial charge in [-0.2, -0.15) is 10.5 Å². The number of allylic oxidation sites excluding steroid dienone is 1. The number of nitro groups is 2. The molecule has 0 bridgehead atoms. The molecule has 1 aliphatic rings. The van der Waals surface area contributed by atoms with Crippen LogP contribution in [0, 0.1) is 42.9 Å². The van der Waals surface area contributed by atoms with Crippen molar-refractivity contribution in [1.82, 2.24) is 9.44 Å². The fraction of sp³-hybridized carbons (Fsp3) is 0.333. The Hall–Kier alpha value is -4.22. The van der Waals surface area contributed by atoms with Crippen LogP contribution in [0.2, 0.25) is 0 Å². The van der Waals surface area contributed by atoms with Crippen LogP contribution in [0.3, 0.4) is 0 Å². The van der Waals surface area contributed by atoms with Crippen molar-refractivity contribution in [2.75, 3.05) is 0 Å². The number of rotatable bonds is 6. The Labute approximate surface area is 230 Å². The highest BCUT2D eigenvalue weighted by molar-refractivity contribution is 7.89. The predicted octanol–water partition coefficient (Wildman–Crippen LogP) is 3.49. The number of hydrogen-bond acceptors (Lipinski definition) is 10. The van der Waals surface area contributed by atoms with Gasteiger partial charge < -0.3 is 0 Å². The molecule has 0 aliphatic heterocycles. The summed E-state index contributed by atoms with van der Waals surface area (Å²) in [6, 6.07) is 6.59. The maximum absolute atomic E-state index is 13.1. The van der Waals surface area contributed by atoms with E-state index in [0.717, 1.165) is 12.1 Å². The summed E-state index contributed by atoms with van der Waals surface area (Å²) in [7, 11) is -8.81. The van der Waals surface area contributed by atoms with Crippen LogP contribution in [-0.4, -0.2) is 37.8 Å². The van der Waals surface area contributed by atoms with Crippen molar-refractivity contribution in [3.63, 3.8) is 0 Å². The predicted molar refractivity (Wildman–Crippen MR) is 143 cm³/mol. The second-order valence-electron chi connectivity index (χ2n) is 10.9. The lowest BCUT2D eigenvalue weighted by Gasteiger charge is -2.20. The number of nitrogens with zero attached hydrogens (tertiary/aromatic N) is 4. The number of nitrogens with one attached hydrogen (secondary N) is 2. The van der Waals surface area contributed by atoms with Gasteiger partial charge in [-0.25, -0.2) is 26.3 Å². The van der Waals surface area contributed by atoms with Crippen LogP contribution in [0.25, 0.3) is 16.7 Å². The summed E-state index contributed by atoms with van der Waals surface area (Å²) in [6.07, 6.45) is 0. The van der Waals surface area contributed by atoms with Gasteiger partial charge in [-0.15, -0.1) is 0 Å². The van der Waals surface area contributed by atoms with Gasteiger partial charge in [0.15, 0.2) is 0 Å². The molecule has 14 nitrogen and oxygen atoms in total. The molecule has 0 saturated carbocycles. The molecule has 0 fully saturated rings. The summed E-state index contributed by atoms with van der Waals surface area (Å²) in [5.41, 5.74) is -6.24. The largest absolute Gasteiger partial charge is 0.279 e. The molecule has 0 aromatic heterocycles. The average molecular weight is 589 g/mol. The molecule has 0 saturated heterocycles. The third-order valence-electron chi connectivity index (χ3n) is 5.34. The van der Waals surface area contributed by atoms with Crippen molar-refractivity contribution in [1.29, 1.82) is 10.5 Å². The van der Waals surface area contributed by atoms with Crippen LogP contribution in [0.15, 0.2) is 39.6 Å². The molecule has 0 amide bonds. The molecule has 2 aromatic carbocycles. The average Bonchev–Trinajstić information content (AvgIpc) is 3.10. The molecule has 2 aromatic rings. The first-order valence-electron chi connectivity index (χ1n) is 11.4. The van der Waals surface area contributed by atoms with Crippen molar-refractivity contribution >= 4 is 37.0 Å². The van der Waals surface area contributed by atoms with Crippen molar-refractivity contribution in [2.45, 2.75) is 62.4 Å². The van der Waals surface area contributed by atoms with Crippen LogP contribution in [0.4, 0.5) is 11.4 Å². The van der Waals surface area contributed by atoms with Crippen LogP contribution >= 0.6 is 0 Å². The van der Waals surface area contributed by atoms with E-state index >= 15 is 0 Å². The van der Waals surface area contributed by atoms with Crippen LogP contribution < -0.4 is 9.44 Å². The molecule has 2 N–H and O–H groups in total. The Morgan fingerprint density at radius 3 is 1.30 bits per heavy atom. The van der Waals surface area contributed by atoms with E-state index in [9.17, 15) is 47.6 Å². The Kier molecular flexibility index (Phi) is 7.40. The fourth-order valence-electron chi connectivity index (χ4n) is 4.20. The molecule has 0 atom stereocenters. The van der Waals surface area contributed by atoms with E-state index < -0.39 is 78.8 Å². The van der Waals surface area contributed by atoms with Crippen LogP contribution in [-0.2, 0) is 20.0 Å². The number of benzene rings is 2. The number of nitriles is 2. The van der Waals surface area contributed by atoms with E-state index in [0.29, 0.717) is 12.1 Å². The minimum atomic E-state index is -4.41. The Morgan fingerprint density at radius 1 is 0.725 bits per heavy atom. The zero-order valence-corrected chi connectivity index (χ0v) is 23.8. The molecule has 0 spiro atoms. The van der Waals surface area contributed by atoms with Gasteiger partial charge in [0.2, 0.25) is 20.0 Å². The third kappa shape index (κ3) is 5.70. The van der Waals surface area contributed by atoms with Gasteiger partial charge in [0, 0.05) is 39.9 Å². The highest BCUT2D eigenvalue weighted by Gasteiger charge is 2.41. The molecular weight excluding hydrogens is 564 g/mol. The molecule has 16 heteroatoms. The lowest BCUT2D eigenvalue weighted by Crippen LogP contribution is -2.40. The van der Waals surface area contributed by atoms with Crippen molar-refractivity contribution < 1.29 is 26.7 Å². The maximum atomic E-state index is 13.1. The SMILES string of the molecule is CC(C)(C)NS(=O)(=O)c1cc2c(c([N+](=O)[O-])c1)-c1c(cc(S(=O)(=O)NC(C)(C)C)cc1[N+](=O)[O-])C2=C(C#N)C#N. The lowest BCUT2D eigenvalue weighted by atomic mass is 9.99. The van der Waals surface area contributed by atoms with E-state index in [1.807, 2.05) is 0 Å². The minimum absolute atomic E-state index is 0.321. The van der Waals surface area contributed by atoms with Gasteiger partial charge in [0.05, 0.1) is 30.8 Å². The van der Waals surface area contributed by atoms with Gasteiger partial charge in [0.25, 0.3) is 11.4 Å². The van der Waals surface area contributed by atoms with Crippen molar-refractivity contribution in [3.05, 3.63) is 61.2 Å². The molecule has 210 valence electrons. The number of fused-ring (bicyclic) bond motifs is 3. The highest BCUT2D eigenvalue weighted by atomic mass is 32.2. The monoisotopic (exact) mass is 588 g/mol. The van der Waals surface area contributed by atoms with Gasteiger partial charge in [0.1, 0.15) is 17.7 Å². The third-order valence-corrected chi connectivity index (χ3v) is 8.81. The van der Waals surface area contributed by atoms with Gasteiger partial charge >= 0.3 is 0 Å². The van der Waals surface area contributed by atoms with Gasteiger partial charge in [-0.3, -0.25) is 20.2 Å². The summed E-state index contributed by atoms with van der Waals surface area (Å²) >= 11 is 0. The normalized spacial score (nSPS) is 13.2. The van der Waals surface area contributed by atoms with Gasteiger partial charge in [-0.1, -0.05) is 0 Å². The minimum Gasteiger partial charge on any atom is -0.258 e. The number of nitro benzene ring substituents is 2. The molecule has 3 rings (SSSR count). The first-order chi connectivity index (χ1) is 18.1. The van der Waals surface area contributed by atoms with Crippen molar-refractivity contribution in [2.24, 2.45) is 0 Å². The quantitative estimate of drug-likeness (QED) is 0.242. The molecule has 40 heavy (non-hydrogen) atoms. The second kappa shape index (κ2) is 9.76.